The molecule has 7 rings (SSSR count). The zero-order valence-electron chi connectivity index (χ0n) is 54.6. The summed E-state index contributed by atoms with van der Waals surface area (Å²) in [7, 11) is 10.0. The molecule has 0 atom stereocenters. The number of methoxy groups -OCH3 is 3. The Morgan fingerprint density at radius 3 is 1.14 bits per heavy atom. The molecule has 5 aromatic rings. The second-order valence-electron chi connectivity index (χ2n) is 23.8. The molecule has 2 aliphatic rings. The van der Waals surface area contributed by atoms with Crippen LogP contribution < -0.4 is 49.7 Å². The number of likely N-dealkylation sites (N-methyl/N-ethyl adjacent to an activating group) is 3. The van der Waals surface area contributed by atoms with Crippen LogP contribution in [0, 0.1) is 17.8 Å². The number of para-hydroxylation sites is 3. The Balaban J connectivity index is 0.000000474. The highest BCUT2D eigenvalue weighted by molar-refractivity contribution is 5.99. The largest absolute Gasteiger partial charge is 0.493 e. The van der Waals surface area contributed by atoms with Crippen LogP contribution in [-0.4, -0.2) is 128 Å². The van der Waals surface area contributed by atoms with E-state index in [2.05, 4.69) is 79.4 Å². The van der Waals surface area contributed by atoms with Gasteiger partial charge >= 0.3 is 0 Å². The molecule has 4 N–H and O–H groups in total. The second kappa shape index (κ2) is 37.0. The van der Waals surface area contributed by atoms with Crippen molar-refractivity contribution in [3.63, 3.8) is 0 Å². The molecule has 3 aromatic carbocycles. The minimum Gasteiger partial charge on any atom is -0.493 e. The number of hydrogen-bond acceptors (Lipinski definition) is 15. The topological polar surface area (TPSA) is 224 Å². The van der Waals surface area contributed by atoms with Crippen molar-refractivity contribution in [3.05, 3.63) is 143 Å². The van der Waals surface area contributed by atoms with E-state index >= 15 is 0 Å². The average molecular weight is 1280 g/mol. The lowest BCUT2D eigenvalue weighted by Gasteiger charge is -2.21. The van der Waals surface area contributed by atoms with Gasteiger partial charge in [-0.2, -0.15) is 0 Å². The van der Waals surface area contributed by atoms with E-state index in [0.29, 0.717) is 116 Å². The van der Waals surface area contributed by atoms with Crippen molar-refractivity contribution in [2.45, 2.75) is 128 Å². The molecular weight excluding hydrogens is 1180 g/mol. The van der Waals surface area contributed by atoms with Gasteiger partial charge in [0.25, 0.3) is 0 Å². The number of nitrogens with zero attached hydrogens (tertiary/aromatic N) is 5. The lowest BCUT2D eigenvalue weighted by atomic mass is 10.1. The fraction of sp³-hybridized carbons (Fsp3) is 0.443. The van der Waals surface area contributed by atoms with Gasteiger partial charge in [-0.3, -0.25) is 34.6 Å². The molecule has 2 aromatic heterocycles. The smallest absolute Gasteiger partial charge is 0.246 e. The number of ether oxygens (including phenoxy) is 6. The maximum absolute atomic E-state index is 12.8. The Bertz CT molecular complexity index is 3120. The van der Waals surface area contributed by atoms with Crippen LogP contribution >= 0.6 is 12.4 Å². The predicted molar refractivity (Wildman–Crippen MR) is 366 cm³/mol. The highest BCUT2D eigenvalue weighted by Gasteiger charge is 2.32. The third-order valence-corrected chi connectivity index (χ3v) is 13.9. The first kappa shape index (κ1) is 78.6. The number of halogens is 1. The van der Waals surface area contributed by atoms with E-state index in [1.54, 1.807) is 81.7 Å². The fourth-order valence-electron chi connectivity index (χ4n) is 8.58. The van der Waals surface area contributed by atoms with Gasteiger partial charge in [-0.1, -0.05) is 99.4 Å². The Morgan fingerprint density at radius 2 is 0.857 bits per heavy atom. The molecule has 0 saturated heterocycles. The lowest BCUT2D eigenvalue weighted by molar-refractivity contribution is -0.126. The molecule has 0 saturated carbocycles. The molecule has 0 spiro atoms. The third-order valence-electron chi connectivity index (χ3n) is 13.9. The molecule has 21 heteroatoms. The van der Waals surface area contributed by atoms with Gasteiger partial charge < -0.3 is 53.8 Å². The van der Waals surface area contributed by atoms with Crippen molar-refractivity contribution in [1.82, 2.24) is 35.3 Å². The van der Waals surface area contributed by atoms with Gasteiger partial charge in [-0.05, 0) is 105 Å². The van der Waals surface area contributed by atoms with E-state index in [-0.39, 0.29) is 56.8 Å². The zero-order chi connectivity index (χ0) is 64.9. The van der Waals surface area contributed by atoms with Crippen LogP contribution in [0.25, 0.3) is 12.2 Å². The minimum absolute atomic E-state index is 0. The Morgan fingerprint density at radius 1 is 0.549 bits per heavy atom. The van der Waals surface area contributed by atoms with Crippen molar-refractivity contribution in [2.75, 3.05) is 72.9 Å². The zero-order valence-corrected chi connectivity index (χ0v) is 55.4. The maximum Gasteiger partial charge on any atom is 0.246 e. The number of aromatic nitrogens is 2. The van der Waals surface area contributed by atoms with E-state index in [0.717, 1.165) is 38.9 Å². The maximum atomic E-state index is 12.8. The van der Waals surface area contributed by atoms with Crippen LogP contribution in [0.5, 0.6) is 34.5 Å². The summed E-state index contributed by atoms with van der Waals surface area (Å²) in [6, 6.07) is 20.9. The summed E-state index contributed by atoms with van der Waals surface area (Å²) in [5.41, 5.74) is 4.58. The predicted octanol–water partition coefficient (Wildman–Crippen LogP) is 11.8. The van der Waals surface area contributed by atoms with Crippen molar-refractivity contribution in [2.24, 2.45) is 17.8 Å². The van der Waals surface area contributed by atoms with Crippen LogP contribution in [-0.2, 0) is 56.7 Å². The molecule has 0 aliphatic carbocycles. The number of hydrogen-bond donors (Lipinski definition) is 4. The molecule has 20 nitrogen and oxygen atoms in total. The SMILES string of the molecule is C.C.C=CC(=O)N(C)Cc1cccc(OC)c1OCC(C)C.COc1cccc(CN(C)C(=O)/C=C/c2cnc3c(c2)CNC(C)(C)C(=O)N3)c1OCC(C)C.COc1cccc(CN(C)C(=O)/C=C/c2cnc3c(c2)CNC(C)(C)C(=O)N3)c1OCC(C)C.Cl. The summed E-state index contributed by atoms with van der Waals surface area (Å²) >= 11 is 0. The molecule has 5 amide bonds. The molecular formula is C70H100ClN9O11. The summed E-state index contributed by atoms with van der Waals surface area (Å²) in [6.07, 6.45) is 11.1. The van der Waals surface area contributed by atoms with E-state index < -0.39 is 11.1 Å². The first-order valence-electron chi connectivity index (χ1n) is 29.4. The Labute approximate surface area is 546 Å². The summed E-state index contributed by atoms with van der Waals surface area (Å²) in [5.74, 6) is 5.53. The molecule has 4 heterocycles. The number of carbonyl (C=O) groups excluding carboxylic acids is 5. The van der Waals surface area contributed by atoms with Gasteiger partial charge in [0.1, 0.15) is 11.6 Å². The normalized spacial score (nSPS) is 13.4. The minimum atomic E-state index is -0.687. The number of pyridine rings is 2. The third kappa shape index (κ3) is 23.4. The van der Waals surface area contributed by atoms with Crippen LogP contribution in [0.3, 0.4) is 0 Å². The van der Waals surface area contributed by atoms with Gasteiger partial charge in [-0.15, -0.1) is 12.4 Å². The van der Waals surface area contributed by atoms with Crippen molar-refractivity contribution in [1.29, 1.82) is 0 Å². The number of carbonyl (C=O) groups is 5. The number of amides is 5. The summed E-state index contributed by atoms with van der Waals surface area (Å²) in [6.45, 7) is 27.2. The van der Waals surface area contributed by atoms with E-state index in [9.17, 15) is 24.0 Å². The number of nitrogens with one attached hydrogen (secondary N) is 4. The van der Waals surface area contributed by atoms with Gasteiger partial charge in [0.05, 0.1) is 52.2 Å². The molecule has 2 aliphatic heterocycles. The number of rotatable bonds is 23. The summed E-state index contributed by atoms with van der Waals surface area (Å²) < 4.78 is 34.1. The van der Waals surface area contributed by atoms with E-state index in [4.69, 9.17) is 28.4 Å². The molecule has 0 fully saturated rings. The van der Waals surface area contributed by atoms with Gasteiger partial charge in [0.15, 0.2) is 34.5 Å². The van der Waals surface area contributed by atoms with Gasteiger partial charge in [0.2, 0.25) is 29.5 Å². The number of anilines is 2. The second-order valence-corrected chi connectivity index (χ2v) is 23.8. The van der Waals surface area contributed by atoms with Crippen LogP contribution in [0.15, 0.2) is 104 Å². The molecule has 0 bridgehead atoms. The number of fused-ring (bicyclic) bond motifs is 2. The first-order chi connectivity index (χ1) is 41.7. The molecule has 91 heavy (non-hydrogen) atoms. The monoisotopic (exact) mass is 1280 g/mol. The first-order valence-corrected chi connectivity index (χ1v) is 29.4. The fourth-order valence-corrected chi connectivity index (χ4v) is 8.58. The molecule has 498 valence electrons. The highest BCUT2D eigenvalue weighted by Crippen LogP contribution is 2.35. The summed E-state index contributed by atoms with van der Waals surface area (Å²) in [4.78, 5) is 75.3. The molecule has 0 unspecified atom stereocenters. The quantitative estimate of drug-likeness (QED) is 0.0446. The lowest BCUT2D eigenvalue weighted by Crippen LogP contribution is -2.47. The van der Waals surface area contributed by atoms with Crippen molar-refractivity contribution in [3.8, 4) is 34.5 Å². The summed E-state index contributed by atoms with van der Waals surface area (Å²) in [5, 5.41) is 12.1. The Hall–Kier alpha value is -8.46. The Kier molecular flexibility index (Phi) is 32.0. The van der Waals surface area contributed by atoms with Crippen LogP contribution in [0.4, 0.5) is 11.6 Å². The van der Waals surface area contributed by atoms with Crippen molar-refractivity contribution < 1.29 is 52.4 Å². The van der Waals surface area contributed by atoms with Crippen LogP contribution in [0.2, 0.25) is 0 Å². The van der Waals surface area contributed by atoms with Gasteiger partial charge in [0, 0.05) is 106 Å². The standard InChI is InChI=1S/2C26H34N4O4.C16H23NO3.2CH4.ClH/c2*1-17(2)16-34-23-19(8-7-9-21(23)33-6)15-30(5)22(31)11-10-18-12-20-14-28-26(3,4)25(32)29-24(20)27-13-18;1-6-15(18)17(4)10-13-8-7-9-14(19-5)16(13)20-11-12(2)3;;;/h2*7-13,17,28H,14-16H2,1-6H3,(H,27,29,32);6-9,12H,1,10-11H2,2-5H3;2*1H4;1H/b2*11-10+;;;;. The van der Waals surface area contributed by atoms with Gasteiger partial charge in [-0.25, -0.2) is 9.97 Å². The van der Waals surface area contributed by atoms with Crippen LogP contribution in [0.1, 0.15) is 123 Å². The van der Waals surface area contributed by atoms with E-state index in [1.807, 2.05) is 94.4 Å². The van der Waals surface area contributed by atoms with E-state index in [1.165, 1.54) is 18.2 Å². The van der Waals surface area contributed by atoms with Crippen molar-refractivity contribution >= 4 is 65.7 Å². The number of benzene rings is 3. The highest BCUT2D eigenvalue weighted by atomic mass is 35.5. The molecule has 0 radical (unpaired) electrons. The average Bonchev–Trinajstić information content (AvgIpc) is 2.04.